The van der Waals surface area contributed by atoms with Crippen LogP contribution < -0.4 is 10.6 Å². The number of hydrogen-bond donors (Lipinski definition) is 2. The van der Waals surface area contributed by atoms with Crippen molar-refractivity contribution < 1.29 is 4.79 Å². The Morgan fingerprint density at radius 1 is 1.19 bits per heavy atom. The molecule has 0 aromatic heterocycles. The number of carbonyl (C=O) groups is 1. The maximum absolute atomic E-state index is 11.4. The topological polar surface area (TPSA) is 44.4 Å². The van der Waals surface area contributed by atoms with Crippen LogP contribution in [0, 0.1) is 5.92 Å². The molecule has 0 unspecified atom stereocenters. The first-order chi connectivity index (χ1) is 7.75. The zero-order chi connectivity index (χ0) is 11.4. The third-order valence-corrected chi connectivity index (χ3v) is 3.52. The summed E-state index contributed by atoms with van der Waals surface area (Å²) in [6.07, 6.45) is 4.64. The van der Waals surface area contributed by atoms with E-state index in [1.165, 1.54) is 25.9 Å². The van der Waals surface area contributed by atoms with Crippen LogP contribution in [0.25, 0.3) is 0 Å². The molecule has 0 spiro atoms. The molecule has 2 N–H and O–H groups in total. The number of nitrogens with zero attached hydrogens (tertiary/aromatic N) is 1. The summed E-state index contributed by atoms with van der Waals surface area (Å²) < 4.78 is 0. The first-order valence-electron chi connectivity index (χ1n) is 6.45. The van der Waals surface area contributed by atoms with Crippen molar-refractivity contribution >= 4 is 5.91 Å². The second-order valence-corrected chi connectivity index (χ2v) is 5.10. The first-order valence-corrected chi connectivity index (χ1v) is 6.45. The summed E-state index contributed by atoms with van der Waals surface area (Å²) in [6.45, 7) is 4.06. The van der Waals surface area contributed by atoms with E-state index < -0.39 is 0 Å². The Morgan fingerprint density at radius 3 is 2.50 bits per heavy atom. The molecule has 2 fully saturated rings. The van der Waals surface area contributed by atoms with Crippen LogP contribution in [0.1, 0.15) is 25.7 Å². The lowest BCUT2D eigenvalue weighted by molar-refractivity contribution is -0.122. The molecule has 16 heavy (non-hydrogen) atoms. The summed E-state index contributed by atoms with van der Waals surface area (Å²) in [4.78, 5) is 13.7. The molecule has 1 amide bonds. The highest BCUT2D eigenvalue weighted by Gasteiger charge is 2.29. The molecule has 1 saturated carbocycles. The predicted octanol–water partition coefficient (Wildman–Crippen LogP) is 0.196. The summed E-state index contributed by atoms with van der Waals surface area (Å²) in [6, 6.07) is 0.647. The van der Waals surface area contributed by atoms with Crippen LogP contribution >= 0.6 is 0 Å². The fraction of sp³-hybridized carbons (Fsp3) is 0.917. The highest BCUT2D eigenvalue weighted by molar-refractivity contribution is 5.80. The van der Waals surface area contributed by atoms with E-state index >= 15 is 0 Å². The van der Waals surface area contributed by atoms with E-state index in [1.807, 2.05) is 0 Å². The molecule has 1 aliphatic heterocycles. The van der Waals surface area contributed by atoms with Crippen LogP contribution in [0.4, 0.5) is 0 Å². The average molecular weight is 225 g/mol. The predicted molar refractivity (Wildman–Crippen MR) is 64.3 cm³/mol. The van der Waals surface area contributed by atoms with Gasteiger partial charge >= 0.3 is 0 Å². The van der Waals surface area contributed by atoms with Gasteiger partial charge in [-0.3, -0.25) is 4.79 Å². The van der Waals surface area contributed by atoms with Crippen molar-refractivity contribution in [2.24, 2.45) is 5.92 Å². The molecule has 1 aliphatic carbocycles. The van der Waals surface area contributed by atoms with Crippen molar-refractivity contribution in [3.8, 4) is 0 Å². The third kappa shape index (κ3) is 3.76. The SMILES string of the molecule is CN1CCC(NCCNC(=O)C2CC2)CC1. The molecule has 1 heterocycles. The van der Waals surface area contributed by atoms with E-state index in [-0.39, 0.29) is 5.91 Å². The van der Waals surface area contributed by atoms with Crippen LogP contribution in [-0.2, 0) is 4.79 Å². The molecule has 4 heteroatoms. The minimum absolute atomic E-state index is 0.255. The molecule has 2 aliphatic rings. The highest BCUT2D eigenvalue weighted by atomic mass is 16.2. The second kappa shape index (κ2) is 5.64. The van der Waals surface area contributed by atoms with Gasteiger partial charge in [0.05, 0.1) is 0 Å². The molecule has 0 radical (unpaired) electrons. The minimum atomic E-state index is 0.255. The Hall–Kier alpha value is -0.610. The van der Waals surface area contributed by atoms with Crippen molar-refractivity contribution in [3.05, 3.63) is 0 Å². The van der Waals surface area contributed by atoms with E-state index in [1.54, 1.807) is 0 Å². The number of carbonyl (C=O) groups excluding carboxylic acids is 1. The van der Waals surface area contributed by atoms with Crippen molar-refractivity contribution in [3.63, 3.8) is 0 Å². The van der Waals surface area contributed by atoms with E-state index in [4.69, 9.17) is 0 Å². The molecule has 0 aromatic rings. The standard InChI is InChI=1S/C12H23N3O/c1-15-8-4-11(5-9-15)13-6-7-14-12(16)10-2-3-10/h10-11,13H,2-9H2,1H3,(H,14,16). The number of nitrogens with one attached hydrogen (secondary N) is 2. The van der Waals surface area contributed by atoms with Gasteiger partial charge in [-0.1, -0.05) is 0 Å². The smallest absolute Gasteiger partial charge is 0.223 e. The molecular formula is C12H23N3O. The Morgan fingerprint density at radius 2 is 1.88 bits per heavy atom. The lowest BCUT2D eigenvalue weighted by Crippen LogP contribution is -2.43. The van der Waals surface area contributed by atoms with Crippen molar-refractivity contribution in [2.75, 3.05) is 33.2 Å². The number of amides is 1. The van der Waals surface area contributed by atoms with Crippen molar-refractivity contribution in [2.45, 2.75) is 31.7 Å². The average Bonchev–Trinajstić information content (AvgIpc) is 3.10. The van der Waals surface area contributed by atoms with Gasteiger partial charge in [0, 0.05) is 25.0 Å². The van der Waals surface area contributed by atoms with Crippen molar-refractivity contribution in [1.29, 1.82) is 0 Å². The zero-order valence-electron chi connectivity index (χ0n) is 10.2. The third-order valence-electron chi connectivity index (χ3n) is 3.52. The fourth-order valence-corrected chi connectivity index (χ4v) is 2.16. The molecule has 4 nitrogen and oxygen atoms in total. The lowest BCUT2D eigenvalue weighted by atomic mass is 10.1. The minimum Gasteiger partial charge on any atom is -0.355 e. The molecule has 92 valence electrons. The first kappa shape index (κ1) is 11.9. The quantitative estimate of drug-likeness (QED) is 0.657. The molecule has 2 rings (SSSR count). The van der Waals surface area contributed by atoms with Crippen LogP contribution in [0.3, 0.4) is 0 Å². The summed E-state index contributed by atoms with van der Waals surface area (Å²) in [5.41, 5.74) is 0. The zero-order valence-corrected chi connectivity index (χ0v) is 10.2. The Labute approximate surface area is 97.8 Å². The largest absolute Gasteiger partial charge is 0.355 e. The van der Waals surface area contributed by atoms with E-state index in [0.717, 1.165) is 25.9 Å². The fourth-order valence-electron chi connectivity index (χ4n) is 2.16. The van der Waals surface area contributed by atoms with E-state index in [0.29, 0.717) is 12.0 Å². The van der Waals surface area contributed by atoms with Crippen LogP contribution in [-0.4, -0.2) is 50.1 Å². The number of hydrogen-bond acceptors (Lipinski definition) is 3. The van der Waals surface area contributed by atoms with E-state index in [9.17, 15) is 4.79 Å². The summed E-state index contributed by atoms with van der Waals surface area (Å²) in [5, 5.41) is 6.50. The Kier molecular flexibility index (Phi) is 4.18. The molecule has 0 atom stereocenters. The summed E-state index contributed by atoms with van der Waals surface area (Å²) in [5.74, 6) is 0.591. The van der Waals surface area contributed by atoms with Gasteiger partial charge in [-0.2, -0.15) is 0 Å². The second-order valence-electron chi connectivity index (χ2n) is 5.10. The monoisotopic (exact) mass is 225 g/mol. The van der Waals surface area contributed by atoms with Gasteiger partial charge in [0.1, 0.15) is 0 Å². The summed E-state index contributed by atoms with van der Waals surface area (Å²) in [7, 11) is 2.17. The number of rotatable bonds is 5. The Bertz CT molecular complexity index is 232. The van der Waals surface area contributed by atoms with Gasteiger partial charge in [-0.25, -0.2) is 0 Å². The Balaban J connectivity index is 1.49. The van der Waals surface area contributed by atoms with Crippen molar-refractivity contribution in [1.82, 2.24) is 15.5 Å². The van der Waals surface area contributed by atoms with Gasteiger partial charge in [0.25, 0.3) is 0 Å². The van der Waals surface area contributed by atoms with Crippen LogP contribution in [0.15, 0.2) is 0 Å². The highest BCUT2D eigenvalue weighted by Crippen LogP contribution is 2.28. The van der Waals surface area contributed by atoms with Crippen LogP contribution in [0.5, 0.6) is 0 Å². The molecular weight excluding hydrogens is 202 g/mol. The van der Waals surface area contributed by atoms with Crippen LogP contribution in [0.2, 0.25) is 0 Å². The summed E-state index contributed by atoms with van der Waals surface area (Å²) >= 11 is 0. The molecule has 1 saturated heterocycles. The van der Waals surface area contributed by atoms with Gasteiger partial charge in [-0.05, 0) is 45.8 Å². The molecule has 0 aromatic carbocycles. The normalized spacial score (nSPS) is 23.3. The van der Waals surface area contributed by atoms with Gasteiger partial charge < -0.3 is 15.5 Å². The lowest BCUT2D eigenvalue weighted by Gasteiger charge is -2.29. The number of piperidine rings is 1. The van der Waals surface area contributed by atoms with Gasteiger partial charge in [0.15, 0.2) is 0 Å². The van der Waals surface area contributed by atoms with Gasteiger partial charge in [0.2, 0.25) is 5.91 Å². The maximum atomic E-state index is 11.4. The van der Waals surface area contributed by atoms with E-state index in [2.05, 4.69) is 22.6 Å². The number of likely N-dealkylation sites (tertiary alicyclic amines) is 1. The van der Waals surface area contributed by atoms with Gasteiger partial charge in [-0.15, -0.1) is 0 Å². The molecule has 0 bridgehead atoms. The maximum Gasteiger partial charge on any atom is 0.223 e.